The van der Waals surface area contributed by atoms with Crippen molar-refractivity contribution in [3.63, 3.8) is 0 Å². The van der Waals surface area contributed by atoms with E-state index in [2.05, 4.69) is 30.2 Å². The van der Waals surface area contributed by atoms with Crippen LogP contribution in [0.4, 0.5) is 0 Å². The van der Waals surface area contributed by atoms with Crippen LogP contribution in [0.3, 0.4) is 0 Å². The highest BCUT2D eigenvalue weighted by molar-refractivity contribution is 7.81. The van der Waals surface area contributed by atoms with E-state index in [9.17, 15) is 0 Å². The van der Waals surface area contributed by atoms with E-state index in [4.69, 9.17) is 0 Å². The van der Waals surface area contributed by atoms with Crippen LogP contribution >= 0.6 is 25.3 Å². The Hall–Kier alpha value is 0.660. The van der Waals surface area contributed by atoms with Crippen LogP contribution in [-0.4, -0.2) is 36.5 Å². The number of nitrogens with zero attached hydrogens (tertiary/aromatic N) is 1. The molecule has 0 bridgehead atoms. The third kappa shape index (κ3) is 2.84. The van der Waals surface area contributed by atoms with Crippen molar-refractivity contribution in [3.8, 4) is 0 Å². The standard InChI is InChI=1S/C5H13NS2/c1-6(2)5(3-7)4-8/h5,7-8H,3-4H2,1-2H3. The molecule has 0 N–H and O–H groups in total. The molecular weight excluding hydrogens is 138 g/mol. The SMILES string of the molecule is CN(C)C(CS)CS. The molecule has 0 unspecified atom stereocenters. The van der Waals surface area contributed by atoms with E-state index in [1.807, 2.05) is 14.1 Å². The summed E-state index contributed by atoms with van der Waals surface area (Å²) in [5, 5.41) is 0. The highest BCUT2D eigenvalue weighted by atomic mass is 32.1. The minimum absolute atomic E-state index is 0.515. The summed E-state index contributed by atoms with van der Waals surface area (Å²) < 4.78 is 0. The zero-order valence-electron chi connectivity index (χ0n) is 5.33. The molecule has 0 amide bonds. The molecule has 0 radical (unpaired) electrons. The van der Waals surface area contributed by atoms with Gasteiger partial charge in [0.2, 0.25) is 0 Å². The van der Waals surface area contributed by atoms with E-state index in [1.165, 1.54) is 0 Å². The Bertz CT molecular complexity index is 52.4. The molecule has 1 nitrogen and oxygen atoms in total. The Kier molecular flexibility index (Phi) is 4.90. The molecule has 0 aromatic heterocycles. The van der Waals surface area contributed by atoms with Gasteiger partial charge in [0, 0.05) is 17.5 Å². The van der Waals surface area contributed by atoms with Crippen molar-refractivity contribution in [2.45, 2.75) is 6.04 Å². The molecule has 0 aliphatic rings. The van der Waals surface area contributed by atoms with Crippen molar-refractivity contribution in [2.24, 2.45) is 0 Å². The smallest absolute Gasteiger partial charge is 0.0265 e. The lowest BCUT2D eigenvalue weighted by atomic mass is 10.4. The summed E-state index contributed by atoms with van der Waals surface area (Å²) in [6.45, 7) is 0. The van der Waals surface area contributed by atoms with E-state index in [0.717, 1.165) is 11.5 Å². The van der Waals surface area contributed by atoms with Crippen LogP contribution in [0.15, 0.2) is 0 Å². The topological polar surface area (TPSA) is 3.24 Å². The van der Waals surface area contributed by atoms with E-state index in [-0.39, 0.29) is 0 Å². The summed E-state index contributed by atoms with van der Waals surface area (Å²) in [6, 6.07) is 0.515. The molecule has 0 fully saturated rings. The van der Waals surface area contributed by atoms with Gasteiger partial charge in [0.15, 0.2) is 0 Å². The summed E-state index contributed by atoms with van der Waals surface area (Å²) in [4.78, 5) is 2.12. The summed E-state index contributed by atoms with van der Waals surface area (Å²) in [7, 11) is 4.08. The third-order valence-electron chi connectivity index (χ3n) is 1.15. The molecule has 0 aromatic rings. The van der Waals surface area contributed by atoms with E-state index in [1.54, 1.807) is 0 Å². The lowest BCUT2D eigenvalue weighted by Crippen LogP contribution is -2.30. The fourth-order valence-electron chi connectivity index (χ4n) is 0.384. The van der Waals surface area contributed by atoms with Crippen LogP contribution in [0.25, 0.3) is 0 Å². The molecule has 0 heterocycles. The highest BCUT2D eigenvalue weighted by Crippen LogP contribution is 1.96. The summed E-state index contributed by atoms with van der Waals surface area (Å²) in [5.74, 6) is 1.77. The van der Waals surface area contributed by atoms with Crippen molar-refractivity contribution in [1.29, 1.82) is 0 Å². The largest absolute Gasteiger partial charge is 0.305 e. The Balaban J connectivity index is 3.35. The lowest BCUT2D eigenvalue weighted by molar-refractivity contribution is 0.345. The highest BCUT2D eigenvalue weighted by Gasteiger charge is 2.04. The zero-order chi connectivity index (χ0) is 6.57. The molecule has 3 heteroatoms. The van der Waals surface area contributed by atoms with Crippen molar-refractivity contribution >= 4 is 25.3 Å². The van der Waals surface area contributed by atoms with Gasteiger partial charge < -0.3 is 4.90 Å². The molecule has 0 saturated carbocycles. The summed E-state index contributed by atoms with van der Waals surface area (Å²) in [6.07, 6.45) is 0. The molecule has 0 spiro atoms. The molecule has 0 rings (SSSR count). The van der Waals surface area contributed by atoms with Crippen LogP contribution in [0.2, 0.25) is 0 Å². The van der Waals surface area contributed by atoms with Gasteiger partial charge in [-0.3, -0.25) is 0 Å². The van der Waals surface area contributed by atoms with Gasteiger partial charge in [-0.25, -0.2) is 0 Å². The predicted molar refractivity (Wildman–Crippen MR) is 45.2 cm³/mol. The first-order valence-corrected chi connectivity index (χ1v) is 3.87. The maximum Gasteiger partial charge on any atom is 0.0265 e. The average Bonchev–Trinajstić information content (AvgIpc) is 1.69. The van der Waals surface area contributed by atoms with E-state index < -0.39 is 0 Å². The van der Waals surface area contributed by atoms with Crippen molar-refractivity contribution in [2.75, 3.05) is 25.6 Å². The number of rotatable bonds is 3. The molecule has 0 saturated heterocycles. The number of hydrogen-bond acceptors (Lipinski definition) is 3. The number of hydrogen-bond donors (Lipinski definition) is 2. The van der Waals surface area contributed by atoms with Crippen LogP contribution in [0, 0.1) is 0 Å². The van der Waals surface area contributed by atoms with Gasteiger partial charge in [-0.1, -0.05) is 0 Å². The molecule has 0 aliphatic carbocycles. The van der Waals surface area contributed by atoms with Gasteiger partial charge >= 0.3 is 0 Å². The van der Waals surface area contributed by atoms with Crippen molar-refractivity contribution in [3.05, 3.63) is 0 Å². The van der Waals surface area contributed by atoms with Crippen molar-refractivity contribution in [1.82, 2.24) is 4.90 Å². The van der Waals surface area contributed by atoms with Crippen LogP contribution in [-0.2, 0) is 0 Å². The van der Waals surface area contributed by atoms with Gasteiger partial charge in [0.25, 0.3) is 0 Å². The molecular formula is C5H13NS2. The Morgan fingerprint density at radius 1 is 1.25 bits per heavy atom. The van der Waals surface area contributed by atoms with Gasteiger partial charge in [0.1, 0.15) is 0 Å². The van der Waals surface area contributed by atoms with Crippen LogP contribution < -0.4 is 0 Å². The van der Waals surface area contributed by atoms with Gasteiger partial charge in [0.05, 0.1) is 0 Å². The second kappa shape index (κ2) is 4.53. The second-order valence-corrected chi connectivity index (χ2v) is 2.71. The minimum Gasteiger partial charge on any atom is -0.305 e. The molecule has 8 heavy (non-hydrogen) atoms. The summed E-state index contributed by atoms with van der Waals surface area (Å²) in [5.41, 5.74) is 0. The fourth-order valence-corrected chi connectivity index (χ4v) is 1.50. The zero-order valence-corrected chi connectivity index (χ0v) is 7.12. The first-order chi connectivity index (χ1) is 3.72. The van der Waals surface area contributed by atoms with Crippen LogP contribution in [0.5, 0.6) is 0 Å². The molecule has 50 valence electrons. The van der Waals surface area contributed by atoms with Gasteiger partial charge in [-0.2, -0.15) is 25.3 Å². The Morgan fingerprint density at radius 2 is 1.62 bits per heavy atom. The molecule has 0 atom stereocenters. The van der Waals surface area contributed by atoms with Crippen molar-refractivity contribution < 1.29 is 0 Å². The molecule has 0 aliphatic heterocycles. The first-order valence-electron chi connectivity index (χ1n) is 2.60. The second-order valence-electron chi connectivity index (χ2n) is 1.98. The fraction of sp³-hybridized carbons (Fsp3) is 1.00. The lowest BCUT2D eigenvalue weighted by Gasteiger charge is -2.19. The minimum atomic E-state index is 0.515. The maximum atomic E-state index is 4.14. The first kappa shape index (κ1) is 8.66. The summed E-state index contributed by atoms with van der Waals surface area (Å²) >= 11 is 8.29. The van der Waals surface area contributed by atoms with Crippen LogP contribution in [0.1, 0.15) is 0 Å². The Morgan fingerprint density at radius 3 is 1.62 bits per heavy atom. The quantitative estimate of drug-likeness (QED) is 0.564. The van der Waals surface area contributed by atoms with Gasteiger partial charge in [-0.15, -0.1) is 0 Å². The average molecular weight is 151 g/mol. The maximum absolute atomic E-state index is 4.14. The molecule has 0 aromatic carbocycles. The van der Waals surface area contributed by atoms with E-state index >= 15 is 0 Å². The van der Waals surface area contributed by atoms with E-state index in [0.29, 0.717) is 6.04 Å². The third-order valence-corrected chi connectivity index (χ3v) is 1.99. The van der Waals surface area contributed by atoms with Gasteiger partial charge in [-0.05, 0) is 14.1 Å². The monoisotopic (exact) mass is 151 g/mol. The Labute approximate surface area is 62.3 Å². The number of thiol groups is 2. The predicted octanol–water partition coefficient (Wildman–Crippen LogP) is 0.776. The normalized spacial score (nSPS) is 11.2.